The Morgan fingerprint density at radius 1 is 0.542 bits per heavy atom. The van der Waals surface area contributed by atoms with Gasteiger partial charge in [-0.15, -0.1) is 0 Å². The highest BCUT2D eigenvalue weighted by Gasteiger charge is 2.31. The van der Waals surface area contributed by atoms with E-state index in [2.05, 4.69) is 21.1 Å². The van der Waals surface area contributed by atoms with Crippen LogP contribution in [0, 0.1) is 0 Å². The second kappa shape index (κ2) is 16.2. The van der Waals surface area contributed by atoms with E-state index in [-0.39, 0.29) is 11.8 Å². The first-order valence-corrected chi connectivity index (χ1v) is 15.1. The molecule has 2 atom stereocenters. The lowest BCUT2D eigenvalue weighted by Crippen LogP contribution is -2.45. The molecule has 1 aliphatic rings. The monoisotopic (exact) mass is 652 g/mol. The van der Waals surface area contributed by atoms with Crippen LogP contribution in [0.2, 0.25) is 0 Å². The number of hydrogen-bond donors (Lipinski definition) is 2. The zero-order chi connectivity index (χ0) is 33.9. The Balaban J connectivity index is 1.14. The minimum absolute atomic E-state index is 0.329. The number of nitrogens with one attached hydrogen (secondary N) is 2. The largest absolute Gasteiger partial charge is 0.497 e. The number of amides is 2. The Morgan fingerprint density at radius 3 is 1.19 bits per heavy atom. The summed E-state index contributed by atoms with van der Waals surface area (Å²) in [6, 6.07) is 27.9. The molecule has 1 saturated heterocycles. The van der Waals surface area contributed by atoms with Crippen molar-refractivity contribution in [1.29, 1.82) is 0 Å². The van der Waals surface area contributed by atoms with Gasteiger partial charge in [-0.25, -0.2) is 10.9 Å². The molecule has 0 radical (unpaired) electrons. The Hall–Kier alpha value is -5.72. The summed E-state index contributed by atoms with van der Waals surface area (Å²) >= 11 is 0. The quantitative estimate of drug-likeness (QED) is 0.158. The van der Waals surface area contributed by atoms with Gasteiger partial charge in [0.2, 0.25) is 0 Å². The molecule has 1 aliphatic heterocycles. The molecule has 4 aromatic carbocycles. The van der Waals surface area contributed by atoms with Gasteiger partial charge < -0.3 is 28.4 Å². The van der Waals surface area contributed by atoms with E-state index >= 15 is 0 Å². The maximum Gasteiger partial charge on any atom is 0.271 e. The third-order valence-corrected chi connectivity index (χ3v) is 7.27. The van der Waals surface area contributed by atoms with Crippen LogP contribution in [0.3, 0.4) is 0 Å². The number of rotatable bonds is 12. The van der Waals surface area contributed by atoms with Crippen molar-refractivity contribution in [2.45, 2.75) is 26.4 Å². The van der Waals surface area contributed by atoms with Gasteiger partial charge in [0.25, 0.3) is 24.4 Å². The predicted octanol–water partition coefficient (Wildman–Crippen LogP) is 5.17. The van der Waals surface area contributed by atoms with E-state index in [9.17, 15) is 9.59 Å². The van der Waals surface area contributed by atoms with Gasteiger partial charge in [-0.1, -0.05) is 0 Å². The maximum atomic E-state index is 12.4. The Labute approximate surface area is 278 Å². The first kappa shape index (κ1) is 33.6. The minimum Gasteiger partial charge on any atom is -0.497 e. The molecule has 248 valence electrons. The van der Waals surface area contributed by atoms with Crippen molar-refractivity contribution in [3.05, 3.63) is 119 Å². The van der Waals surface area contributed by atoms with Crippen molar-refractivity contribution >= 4 is 23.2 Å². The lowest BCUT2D eigenvalue weighted by atomic mass is 10.1. The smallest absolute Gasteiger partial charge is 0.271 e. The highest BCUT2D eigenvalue weighted by molar-refractivity contribution is 6.01. The fraction of sp³-hybridized carbons (Fsp3) is 0.222. The van der Waals surface area contributed by atoms with E-state index in [4.69, 9.17) is 28.4 Å². The second-order valence-corrected chi connectivity index (χ2v) is 10.5. The fourth-order valence-corrected chi connectivity index (χ4v) is 4.49. The van der Waals surface area contributed by atoms with E-state index in [1.165, 1.54) is 0 Å². The second-order valence-electron chi connectivity index (χ2n) is 10.5. The van der Waals surface area contributed by atoms with Crippen LogP contribution < -0.4 is 29.8 Å². The molecule has 48 heavy (non-hydrogen) atoms. The molecule has 4 aromatic rings. The van der Waals surface area contributed by atoms with Gasteiger partial charge in [0.1, 0.15) is 23.0 Å². The molecule has 0 saturated carbocycles. The van der Waals surface area contributed by atoms with Crippen LogP contribution in [-0.2, 0) is 9.47 Å². The van der Waals surface area contributed by atoms with Crippen molar-refractivity contribution in [2.24, 2.45) is 10.2 Å². The molecule has 0 bridgehead atoms. The Kier molecular flexibility index (Phi) is 11.4. The number of methoxy groups -OCH3 is 2. The summed E-state index contributed by atoms with van der Waals surface area (Å²) in [7, 11) is 3.13. The fourth-order valence-electron chi connectivity index (χ4n) is 4.49. The van der Waals surface area contributed by atoms with Crippen LogP contribution >= 0.6 is 0 Å². The van der Waals surface area contributed by atoms with Crippen LogP contribution in [0.25, 0.3) is 0 Å². The first-order chi connectivity index (χ1) is 23.3. The van der Waals surface area contributed by atoms with Gasteiger partial charge in [0, 0.05) is 11.1 Å². The number of benzene rings is 4. The predicted molar refractivity (Wildman–Crippen MR) is 179 cm³/mol. The number of nitrogens with zero attached hydrogens (tertiary/aromatic N) is 2. The van der Waals surface area contributed by atoms with Gasteiger partial charge in [-0.05, 0) is 122 Å². The molecule has 1 heterocycles. The van der Waals surface area contributed by atoms with E-state index < -0.39 is 12.6 Å². The normalized spacial score (nSPS) is 16.4. The topological polar surface area (TPSA) is 138 Å². The number of carbonyl (C=O) groups excluding carboxylic acids is 2. The molecule has 0 unspecified atom stereocenters. The lowest BCUT2D eigenvalue weighted by molar-refractivity contribution is -0.271. The van der Waals surface area contributed by atoms with Crippen molar-refractivity contribution in [3.8, 4) is 23.0 Å². The summed E-state index contributed by atoms with van der Waals surface area (Å²) < 4.78 is 34.0. The standard InChI is InChI=1S/C36H36N4O8/c1-23(37-39-33(41)27-9-13-29(43-3)14-10-27)25-5-17-31(18-6-25)47-35-36(46-22-21-45-35)48-32-19-7-26(8-20-32)24(2)38-40-34(42)28-11-15-30(44-4)16-12-28/h5-20,35-36H,21-22H2,1-4H3,(H,39,41)(H,40,42)/b37-23-,38-24-/t35-,36-/m1/s1. The van der Waals surface area contributed by atoms with Gasteiger partial charge in [0.05, 0.1) is 38.9 Å². The van der Waals surface area contributed by atoms with Gasteiger partial charge in [-0.3, -0.25) is 9.59 Å². The first-order valence-electron chi connectivity index (χ1n) is 15.1. The molecular weight excluding hydrogens is 616 g/mol. The van der Waals surface area contributed by atoms with Gasteiger partial charge >= 0.3 is 0 Å². The van der Waals surface area contributed by atoms with Gasteiger partial charge in [0.15, 0.2) is 0 Å². The minimum atomic E-state index is -0.820. The number of carbonyl (C=O) groups is 2. The van der Waals surface area contributed by atoms with Crippen LogP contribution in [0.15, 0.2) is 107 Å². The van der Waals surface area contributed by atoms with Gasteiger partial charge in [-0.2, -0.15) is 10.2 Å². The lowest BCUT2D eigenvalue weighted by Gasteiger charge is -2.31. The highest BCUT2D eigenvalue weighted by Crippen LogP contribution is 2.23. The van der Waals surface area contributed by atoms with Crippen LogP contribution in [0.5, 0.6) is 23.0 Å². The van der Waals surface area contributed by atoms with Crippen molar-refractivity contribution in [2.75, 3.05) is 27.4 Å². The SMILES string of the molecule is COc1ccc(C(=O)N/N=C(/C)c2ccc(O[C@H]3OCCO[C@@H]3Oc3ccc(/C(C)=N\NC(=O)c4ccc(OC)cc4)cc3)cc2)cc1. The average molecular weight is 653 g/mol. The van der Waals surface area contributed by atoms with Crippen LogP contribution in [0.4, 0.5) is 0 Å². The molecule has 2 N–H and O–H groups in total. The third kappa shape index (κ3) is 8.96. The van der Waals surface area contributed by atoms with E-state index in [1.807, 2.05) is 24.3 Å². The van der Waals surface area contributed by atoms with E-state index in [1.54, 1.807) is 101 Å². The van der Waals surface area contributed by atoms with Crippen molar-refractivity contribution < 1.29 is 38.0 Å². The molecule has 0 spiro atoms. The average Bonchev–Trinajstić information content (AvgIpc) is 3.14. The highest BCUT2D eigenvalue weighted by atomic mass is 16.8. The molecule has 0 aromatic heterocycles. The van der Waals surface area contributed by atoms with E-state index in [0.29, 0.717) is 58.8 Å². The molecule has 12 nitrogen and oxygen atoms in total. The van der Waals surface area contributed by atoms with Crippen LogP contribution in [-0.4, -0.2) is 63.3 Å². The molecule has 0 aliphatic carbocycles. The Morgan fingerprint density at radius 2 is 0.854 bits per heavy atom. The number of hydrazone groups is 2. The summed E-state index contributed by atoms with van der Waals surface area (Å²) in [6.45, 7) is 4.28. The number of ether oxygens (including phenoxy) is 6. The third-order valence-electron chi connectivity index (χ3n) is 7.27. The summed E-state index contributed by atoms with van der Waals surface area (Å²) in [5.74, 6) is 1.75. The zero-order valence-electron chi connectivity index (χ0n) is 27.0. The van der Waals surface area contributed by atoms with Crippen LogP contribution in [0.1, 0.15) is 45.7 Å². The molecule has 12 heteroatoms. The van der Waals surface area contributed by atoms with E-state index in [0.717, 1.165) is 11.1 Å². The summed E-state index contributed by atoms with van der Waals surface area (Å²) in [5, 5.41) is 8.44. The molecule has 5 rings (SSSR count). The van der Waals surface area contributed by atoms with Crippen molar-refractivity contribution in [1.82, 2.24) is 10.9 Å². The number of hydrogen-bond acceptors (Lipinski definition) is 10. The van der Waals surface area contributed by atoms with Crippen molar-refractivity contribution in [3.63, 3.8) is 0 Å². The molecule has 2 amide bonds. The zero-order valence-corrected chi connectivity index (χ0v) is 27.0. The summed E-state index contributed by atoms with van der Waals surface area (Å²) in [5.41, 5.74) is 8.90. The maximum absolute atomic E-state index is 12.4. The Bertz CT molecular complexity index is 1610. The molecular formula is C36H36N4O8. The summed E-state index contributed by atoms with van der Waals surface area (Å²) in [6.07, 6.45) is -1.64. The molecule has 1 fully saturated rings. The summed E-state index contributed by atoms with van der Waals surface area (Å²) in [4.78, 5) is 24.9.